The van der Waals surface area contributed by atoms with E-state index in [0.717, 1.165) is 32.2 Å². The van der Waals surface area contributed by atoms with Gasteiger partial charge >= 0.3 is 0 Å². The SMILES string of the molecule is Cc1nn(C)c(NC(=O)c2cc3ccccc3n2C)c1-c1ccc(Br)cc1. The van der Waals surface area contributed by atoms with Gasteiger partial charge in [-0.2, -0.15) is 5.10 Å². The first-order chi connectivity index (χ1) is 13.0. The van der Waals surface area contributed by atoms with Gasteiger partial charge in [-0.25, -0.2) is 0 Å². The molecule has 1 amide bonds. The minimum atomic E-state index is -0.157. The van der Waals surface area contributed by atoms with Gasteiger partial charge in [0.1, 0.15) is 11.5 Å². The highest BCUT2D eigenvalue weighted by Crippen LogP contribution is 2.32. The van der Waals surface area contributed by atoms with Gasteiger partial charge in [0, 0.05) is 35.0 Å². The van der Waals surface area contributed by atoms with E-state index in [1.807, 2.05) is 80.2 Å². The van der Waals surface area contributed by atoms with Crippen LogP contribution in [-0.4, -0.2) is 20.3 Å². The molecule has 0 aliphatic carbocycles. The lowest BCUT2D eigenvalue weighted by Gasteiger charge is -2.10. The number of amides is 1. The normalized spacial score (nSPS) is 11.1. The van der Waals surface area contributed by atoms with Crippen molar-refractivity contribution in [1.29, 1.82) is 0 Å². The van der Waals surface area contributed by atoms with E-state index < -0.39 is 0 Å². The third kappa shape index (κ3) is 3.06. The molecule has 0 aliphatic rings. The summed E-state index contributed by atoms with van der Waals surface area (Å²) in [5.41, 5.74) is 4.44. The van der Waals surface area contributed by atoms with Crippen LogP contribution < -0.4 is 5.32 Å². The maximum atomic E-state index is 13.0. The molecule has 4 aromatic rings. The fourth-order valence-corrected chi connectivity index (χ4v) is 3.71. The average Bonchev–Trinajstić information content (AvgIpc) is 3.13. The van der Waals surface area contributed by atoms with Crippen molar-refractivity contribution in [3.63, 3.8) is 0 Å². The van der Waals surface area contributed by atoms with Crippen LogP contribution in [0.2, 0.25) is 0 Å². The number of benzene rings is 2. The summed E-state index contributed by atoms with van der Waals surface area (Å²) in [6, 6.07) is 17.9. The molecule has 136 valence electrons. The topological polar surface area (TPSA) is 51.9 Å². The van der Waals surface area contributed by atoms with Crippen LogP contribution in [0.5, 0.6) is 0 Å². The molecule has 2 aromatic heterocycles. The molecular weight excluding hydrogens is 404 g/mol. The first-order valence-electron chi connectivity index (χ1n) is 8.61. The number of carbonyl (C=O) groups excluding carboxylic acids is 1. The lowest BCUT2D eigenvalue weighted by atomic mass is 10.1. The Morgan fingerprint density at radius 3 is 2.48 bits per heavy atom. The summed E-state index contributed by atoms with van der Waals surface area (Å²) in [4.78, 5) is 13.0. The van der Waals surface area contributed by atoms with Crippen LogP contribution in [0.1, 0.15) is 16.2 Å². The first-order valence-corrected chi connectivity index (χ1v) is 9.40. The number of halogens is 1. The number of rotatable bonds is 3. The van der Waals surface area contributed by atoms with Gasteiger partial charge in [0.15, 0.2) is 0 Å². The largest absolute Gasteiger partial charge is 0.340 e. The monoisotopic (exact) mass is 422 g/mol. The highest BCUT2D eigenvalue weighted by Gasteiger charge is 2.20. The molecule has 0 radical (unpaired) electrons. The second kappa shape index (κ2) is 6.70. The molecule has 0 aliphatic heterocycles. The fraction of sp³-hybridized carbons (Fsp3) is 0.143. The fourth-order valence-electron chi connectivity index (χ4n) is 3.44. The molecule has 2 aromatic carbocycles. The lowest BCUT2D eigenvalue weighted by molar-refractivity contribution is 0.101. The summed E-state index contributed by atoms with van der Waals surface area (Å²) in [7, 11) is 3.74. The van der Waals surface area contributed by atoms with Gasteiger partial charge in [-0.1, -0.05) is 46.3 Å². The Morgan fingerprint density at radius 1 is 1.07 bits per heavy atom. The summed E-state index contributed by atoms with van der Waals surface area (Å²) in [6.45, 7) is 1.95. The lowest BCUT2D eigenvalue weighted by Crippen LogP contribution is -2.18. The summed E-state index contributed by atoms with van der Waals surface area (Å²) in [5, 5.41) is 8.61. The summed E-state index contributed by atoms with van der Waals surface area (Å²) in [5.74, 6) is 0.528. The zero-order valence-electron chi connectivity index (χ0n) is 15.3. The minimum absolute atomic E-state index is 0.157. The van der Waals surface area contributed by atoms with Crippen LogP contribution in [0, 0.1) is 6.92 Å². The molecule has 1 N–H and O–H groups in total. The highest BCUT2D eigenvalue weighted by atomic mass is 79.9. The van der Waals surface area contributed by atoms with Crippen molar-refractivity contribution in [3.05, 3.63) is 70.5 Å². The smallest absolute Gasteiger partial charge is 0.273 e. The molecule has 6 heteroatoms. The van der Waals surface area contributed by atoms with Crippen LogP contribution >= 0.6 is 15.9 Å². The molecule has 27 heavy (non-hydrogen) atoms. The number of fused-ring (bicyclic) bond motifs is 1. The molecule has 0 atom stereocenters. The zero-order valence-corrected chi connectivity index (χ0v) is 16.9. The van der Waals surface area contributed by atoms with Gasteiger partial charge in [0.05, 0.1) is 5.69 Å². The van der Waals surface area contributed by atoms with Crippen LogP contribution in [0.3, 0.4) is 0 Å². The van der Waals surface area contributed by atoms with Crippen LogP contribution in [0.25, 0.3) is 22.0 Å². The van der Waals surface area contributed by atoms with E-state index in [4.69, 9.17) is 0 Å². The Kier molecular flexibility index (Phi) is 4.36. The number of hydrogen-bond donors (Lipinski definition) is 1. The van der Waals surface area contributed by atoms with Gasteiger partial charge in [-0.05, 0) is 36.8 Å². The van der Waals surface area contributed by atoms with Gasteiger partial charge in [0.25, 0.3) is 5.91 Å². The summed E-state index contributed by atoms with van der Waals surface area (Å²) < 4.78 is 4.63. The Hall–Kier alpha value is -2.86. The highest BCUT2D eigenvalue weighted by molar-refractivity contribution is 9.10. The van der Waals surface area contributed by atoms with E-state index in [1.54, 1.807) is 4.68 Å². The van der Waals surface area contributed by atoms with Gasteiger partial charge < -0.3 is 9.88 Å². The summed E-state index contributed by atoms with van der Waals surface area (Å²) >= 11 is 3.46. The second-order valence-corrected chi connectivity index (χ2v) is 7.46. The number of aromatic nitrogens is 3. The third-order valence-corrected chi connectivity index (χ3v) is 5.30. The van der Waals surface area contributed by atoms with Crippen molar-refractivity contribution >= 4 is 38.6 Å². The quantitative estimate of drug-likeness (QED) is 0.510. The van der Waals surface area contributed by atoms with E-state index >= 15 is 0 Å². The summed E-state index contributed by atoms with van der Waals surface area (Å²) in [6.07, 6.45) is 0. The molecule has 5 nitrogen and oxygen atoms in total. The van der Waals surface area contributed by atoms with E-state index in [1.165, 1.54) is 0 Å². The van der Waals surface area contributed by atoms with Crippen molar-refractivity contribution in [2.45, 2.75) is 6.92 Å². The van der Waals surface area contributed by atoms with Crippen molar-refractivity contribution in [3.8, 4) is 11.1 Å². The van der Waals surface area contributed by atoms with Crippen molar-refractivity contribution in [2.24, 2.45) is 14.1 Å². The standard InChI is InChI=1S/C21H19BrN4O/c1-13-19(14-8-10-16(22)11-9-14)20(26(3)24-13)23-21(27)18-12-15-6-4-5-7-17(15)25(18)2/h4-12H,1-3H3,(H,23,27). The Balaban J connectivity index is 1.75. The number of nitrogens with zero attached hydrogens (tertiary/aromatic N) is 3. The Bertz CT molecular complexity index is 1160. The van der Waals surface area contributed by atoms with E-state index in [-0.39, 0.29) is 5.91 Å². The van der Waals surface area contributed by atoms with Crippen LogP contribution in [-0.2, 0) is 14.1 Å². The van der Waals surface area contributed by atoms with Gasteiger partial charge in [-0.3, -0.25) is 9.48 Å². The second-order valence-electron chi connectivity index (χ2n) is 6.54. The zero-order chi connectivity index (χ0) is 19.1. The maximum absolute atomic E-state index is 13.0. The Morgan fingerprint density at radius 2 is 1.78 bits per heavy atom. The average molecular weight is 423 g/mol. The molecule has 0 saturated carbocycles. The number of nitrogens with one attached hydrogen (secondary N) is 1. The van der Waals surface area contributed by atoms with E-state index in [0.29, 0.717) is 11.5 Å². The maximum Gasteiger partial charge on any atom is 0.273 e. The molecule has 2 heterocycles. The number of hydrogen-bond acceptors (Lipinski definition) is 2. The number of para-hydroxylation sites is 1. The molecule has 0 spiro atoms. The van der Waals surface area contributed by atoms with Crippen LogP contribution in [0.4, 0.5) is 5.82 Å². The molecule has 0 fully saturated rings. The van der Waals surface area contributed by atoms with E-state index in [9.17, 15) is 4.79 Å². The molecule has 0 unspecified atom stereocenters. The first kappa shape index (κ1) is 17.5. The third-order valence-electron chi connectivity index (χ3n) is 4.77. The van der Waals surface area contributed by atoms with Gasteiger partial charge in [-0.15, -0.1) is 0 Å². The Labute approximate surface area is 165 Å². The van der Waals surface area contributed by atoms with Crippen molar-refractivity contribution in [2.75, 3.05) is 5.32 Å². The van der Waals surface area contributed by atoms with Crippen LogP contribution in [0.15, 0.2) is 59.1 Å². The number of carbonyl (C=O) groups is 1. The molecule has 4 rings (SSSR count). The predicted octanol–water partition coefficient (Wildman–Crippen LogP) is 4.90. The van der Waals surface area contributed by atoms with Crippen molar-refractivity contribution < 1.29 is 4.79 Å². The molecule has 0 saturated heterocycles. The molecular formula is C21H19BrN4O. The van der Waals surface area contributed by atoms with Gasteiger partial charge in [0.2, 0.25) is 0 Å². The van der Waals surface area contributed by atoms with E-state index in [2.05, 4.69) is 26.3 Å². The van der Waals surface area contributed by atoms with Crippen molar-refractivity contribution in [1.82, 2.24) is 14.3 Å². The number of anilines is 1. The molecule has 0 bridgehead atoms. The number of aryl methyl sites for hydroxylation is 3. The minimum Gasteiger partial charge on any atom is -0.340 e. The predicted molar refractivity (Wildman–Crippen MR) is 112 cm³/mol.